The smallest absolute Gasteiger partial charge is 0.350 e. The van der Waals surface area contributed by atoms with Crippen LogP contribution in [0.25, 0.3) is 0 Å². The standard InChI is InChI=1S/C15H19N3O4S2/c1-8-4-18(5-9(2)22-8)7-16-11-12-15(23-6-10(19)17-12)24-13(11)14(20)21-3/h7-9H,4-6H2,1-3H3,(H,17,19)/t8-,9-/m0/s1. The van der Waals surface area contributed by atoms with Crippen LogP contribution in [0.4, 0.5) is 11.4 Å². The third-order valence-corrected chi connectivity index (χ3v) is 6.05. The van der Waals surface area contributed by atoms with Gasteiger partial charge in [-0.1, -0.05) is 0 Å². The second-order valence-electron chi connectivity index (χ2n) is 5.73. The van der Waals surface area contributed by atoms with Gasteiger partial charge in [-0.25, -0.2) is 9.79 Å². The van der Waals surface area contributed by atoms with Gasteiger partial charge in [0.2, 0.25) is 5.91 Å². The molecule has 1 saturated heterocycles. The van der Waals surface area contributed by atoms with Gasteiger partial charge in [0, 0.05) is 13.1 Å². The number of hydrogen-bond donors (Lipinski definition) is 1. The molecular formula is C15H19N3O4S2. The average Bonchev–Trinajstić information content (AvgIpc) is 2.89. The number of hydrogen-bond acceptors (Lipinski definition) is 7. The number of methoxy groups -OCH3 is 1. The zero-order chi connectivity index (χ0) is 17.3. The Bertz CT molecular complexity index is 679. The molecule has 0 bridgehead atoms. The highest BCUT2D eigenvalue weighted by molar-refractivity contribution is 8.02. The molecule has 1 fully saturated rings. The summed E-state index contributed by atoms with van der Waals surface area (Å²) in [5.74, 6) is -0.192. The first-order valence-corrected chi connectivity index (χ1v) is 9.39. The molecule has 2 atom stereocenters. The summed E-state index contributed by atoms with van der Waals surface area (Å²) in [5, 5.41) is 2.82. The first-order chi connectivity index (χ1) is 11.5. The van der Waals surface area contributed by atoms with Gasteiger partial charge in [-0.05, 0) is 13.8 Å². The summed E-state index contributed by atoms with van der Waals surface area (Å²) in [6.45, 7) is 5.49. The van der Waals surface area contributed by atoms with E-state index in [2.05, 4.69) is 15.2 Å². The summed E-state index contributed by atoms with van der Waals surface area (Å²) in [5.41, 5.74) is 1.07. The Labute approximate surface area is 148 Å². The number of nitrogens with zero attached hydrogens (tertiary/aromatic N) is 2. The summed E-state index contributed by atoms with van der Waals surface area (Å²) in [6.07, 6.45) is 1.95. The van der Waals surface area contributed by atoms with Crippen LogP contribution >= 0.6 is 23.1 Å². The molecule has 0 aromatic carbocycles. The van der Waals surface area contributed by atoms with E-state index >= 15 is 0 Å². The fraction of sp³-hybridized carbons (Fsp3) is 0.533. The molecule has 2 aliphatic rings. The average molecular weight is 369 g/mol. The zero-order valence-electron chi connectivity index (χ0n) is 13.7. The number of carbonyl (C=O) groups excluding carboxylic acids is 2. The maximum Gasteiger partial charge on any atom is 0.350 e. The lowest BCUT2D eigenvalue weighted by Crippen LogP contribution is -2.44. The van der Waals surface area contributed by atoms with Crippen molar-refractivity contribution in [2.24, 2.45) is 4.99 Å². The lowest BCUT2D eigenvalue weighted by Gasteiger charge is -2.33. The first-order valence-electron chi connectivity index (χ1n) is 7.59. The molecule has 1 aromatic heterocycles. The third kappa shape index (κ3) is 3.57. The lowest BCUT2D eigenvalue weighted by molar-refractivity contribution is -0.113. The van der Waals surface area contributed by atoms with Crippen LogP contribution in [0, 0.1) is 0 Å². The van der Waals surface area contributed by atoms with Gasteiger partial charge in [-0.3, -0.25) is 4.79 Å². The minimum Gasteiger partial charge on any atom is -0.465 e. The Balaban J connectivity index is 1.91. The molecule has 3 rings (SSSR count). The number of morpholine rings is 1. The Hall–Kier alpha value is -1.58. The fourth-order valence-electron chi connectivity index (χ4n) is 2.73. The number of carbonyl (C=O) groups is 2. The molecule has 9 heteroatoms. The number of thioether (sulfide) groups is 1. The number of anilines is 1. The van der Waals surface area contributed by atoms with Crippen LogP contribution in [-0.4, -0.2) is 61.3 Å². The van der Waals surface area contributed by atoms with Crippen LogP contribution in [0.3, 0.4) is 0 Å². The van der Waals surface area contributed by atoms with Crippen molar-refractivity contribution in [3.8, 4) is 0 Å². The molecule has 1 N–H and O–H groups in total. The van der Waals surface area contributed by atoms with E-state index in [4.69, 9.17) is 9.47 Å². The van der Waals surface area contributed by atoms with Crippen molar-refractivity contribution in [2.45, 2.75) is 30.3 Å². The van der Waals surface area contributed by atoms with Crippen molar-refractivity contribution in [1.82, 2.24) is 4.90 Å². The highest BCUT2D eigenvalue weighted by atomic mass is 32.2. The minimum atomic E-state index is -0.444. The molecule has 3 heterocycles. The predicted molar refractivity (Wildman–Crippen MR) is 94.7 cm³/mol. The molecular weight excluding hydrogens is 350 g/mol. The third-order valence-electron chi connectivity index (χ3n) is 3.62. The number of amides is 1. The van der Waals surface area contributed by atoms with Crippen LogP contribution in [-0.2, 0) is 14.3 Å². The maximum absolute atomic E-state index is 12.0. The van der Waals surface area contributed by atoms with Crippen molar-refractivity contribution in [3.63, 3.8) is 0 Å². The zero-order valence-corrected chi connectivity index (χ0v) is 15.3. The summed E-state index contributed by atoms with van der Waals surface area (Å²) in [7, 11) is 1.34. The number of ether oxygens (including phenoxy) is 2. The van der Waals surface area contributed by atoms with Crippen LogP contribution in [0.2, 0.25) is 0 Å². The summed E-state index contributed by atoms with van der Waals surface area (Å²) in [4.78, 5) is 30.7. The van der Waals surface area contributed by atoms with E-state index in [1.807, 2.05) is 13.8 Å². The van der Waals surface area contributed by atoms with E-state index in [1.165, 1.54) is 30.2 Å². The van der Waals surface area contributed by atoms with Gasteiger partial charge in [0.05, 0.1) is 41.3 Å². The normalized spacial score (nSPS) is 24.0. The van der Waals surface area contributed by atoms with E-state index in [0.717, 1.165) is 17.3 Å². The molecule has 0 aliphatic carbocycles. The highest BCUT2D eigenvalue weighted by Crippen LogP contribution is 2.47. The van der Waals surface area contributed by atoms with E-state index in [9.17, 15) is 9.59 Å². The Morgan fingerprint density at radius 3 is 2.79 bits per heavy atom. The largest absolute Gasteiger partial charge is 0.465 e. The Morgan fingerprint density at radius 2 is 2.12 bits per heavy atom. The number of aliphatic imine (C=N–C) groups is 1. The Morgan fingerprint density at radius 1 is 1.42 bits per heavy atom. The summed E-state index contributed by atoms with van der Waals surface area (Å²) < 4.78 is 11.4. The summed E-state index contributed by atoms with van der Waals surface area (Å²) in [6, 6.07) is 0. The Kier molecular flexibility index (Phi) is 5.12. The van der Waals surface area contributed by atoms with E-state index in [1.54, 1.807) is 6.34 Å². The second-order valence-corrected chi connectivity index (χ2v) is 7.99. The van der Waals surface area contributed by atoms with Gasteiger partial charge in [0.1, 0.15) is 10.6 Å². The van der Waals surface area contributed by atoms with Crippen LogP contribution in [0.15, 0.2) is 9.20 Å². The van der Waals surface area contributed by atoms with Crippen LogP contribution in [0.5, 0.6) is 0 Å². The fourth-order valence-corrected chi connectivity index (χ4v) is 4.87. The number of thiophene rings is 1. The maximum atomic E-state index is 12.0. The van der Waals surface area contributed by atoms with Crippen molar-refractivity contribution in [2.75, 3.05) is 31.3 Å². The monoisotopic (exact) mass is 369 g/mol. The lowest BCUT2D eigenvalue weighted by atomic mass is 10.2. The number of nitrogens with one attached hydrogen (secondary N) is 1. The molecule has 0 spiro atoms. The number of esters is 1. The van der Waals surface area contributed by atoms with Gasteiger partial charge in [-0.2, -0.15) is 0 Å². The van der Waals surface area contributed by atoms with Gasteiger partial charge < -0.3 is 19.7 Å². The molecule has 2 aliphatic heterocycles. The van der Waals surface area contributed by atoms with Gasteiger partial charge in [0.15, 0.2) is 0 Å². The van der Waals surface area contributed by atoms with Gasteiger partial charge >= 0.3 is 5.97 Å². The molecule has 1 amide bonds. The number of fused-ring (bicyclic) bond motifs is 1. The molecule has 0 unspecified atom stereocenters. The minimum absolute atomic E-state index is 0.0909. The molecule has 0 radical (unpaired) electrons. The molecule has 130 valence electrons. The predicted octanol–water partition coefficient (Wildman–Crippen LogP) is 2.35. The van der Waals surface area contributed by atoms with E-state index in [0.29, 0.717) is 22.0 Å². The molecule has 24 heavy (non-hydrogen) atoms. The van der Waals surface area contributed by atoms with Gasteiger partial charge in [0.25, 0.3) is 0 Å². The first kappa shape index (κ1) is 17.2. The number of rotatable bonds is 3. The second kappa shape index (κ2) is 7.12. The molecule has 7 nitrogen and oxygen atoms in total. The highest BCUT2D eigenvalue weighted by Gasteiger charge is 2.28. The quantitative estimate of drug-likeness (QED) is 0.500. The van der Waals surface area contributed by atoms with Crippen molar-refractivity contribution in [3.05, 3.63) is 4.88 Å². The van der Waals surface area contributed by atoms with Crippen molar-refractivity contribution >= 4 is 52.7 Å². The van der Waals surface area contributed by atoms with E-state index in [-0.39, 0.29) is 18.1 Å². The molecule has 1 aromatic rings. The molecule has 0 saturated carbocycles. The van der Waals surface area contributed by atoms with Gasteiger partial charge in [-0.15, -0.1) is 23.1 Å². The summed E-state index contributed by atoms with van der Waals surface area (Å²) >= 11 is 2.71. The van der Waals surface area contributed by atoms with Crippen LogP contribution < -0.4 is 5.32 Å². The van der Waals surface area contributed by atoms with E-state index < -0.39 is 5.97 Å². The van der Waals surface area contributed by atoms with Crippen molar-refractivity contribution in [1.29, 1.82) is 0 Å². The van der Waals surface area contributed by atoms with Crippen LogP contribution in [0.1, 0.15) is 23.5 Å². The van der Waals surface area contributed by atoms with Crippen molar-refractivity contribution < 1.29 is 19.1 Å². The SMILES string of the molecule is COC(=O)c1sc2c(c1N=CN1C[C@H](C)O[C@@H](C)C1)NC(=O)CS2. The topological polar surface area (TPSA) is 80.2 Å².